The van der Waals surface area contributed by atoms with Gasteiger partial charge in [0.15, 0.2) is 0 Å². The van der Waals surface area contributed by atoms with Gasteiger partial charge in [0, 0.05) is 19.0 Å². The first-order valence-corrected chi connectivity index (χ1v) is 7.08. The number of carbonyl (C=O) groups excluding carboxylic acids is 2. The molecule has 0 aliphatic heterocycles. The van der Waals surface area contributed by atoms with Crippen LogP contribution < -0.4 is 10.6 Å². The van der Waals surface area contributed by atoms with Crippen molar-refractivity contribution in [2.75, 3.05) is 6.54 Å². The molecule has 0 radical (unpaired) electrons. The molecule has 2 amide bonds. The highest BCUT2D eigenvalue weighted by molar-refractivity contribution is 5.94. The second kappa shape index (κ2) is 8.07. The number of nitrogens with one attached hydrogen (secondary N) is 2. The van der Waals surface area contributed by atoms with Crippen LogP contribution in [0.2, 0.25) is 0 Å². The molecule has 0 atom stereocenters. The molecule has 1 heterocycles. The third-order valence-electron chi connectivity index (χ3n) is 3.08. The van der Waals surface area contributed by atoms with Gasteiger partial charge in [-0.1, -0.05) is 0 Å². The molecular formula is C16H16F2N2O3. The standard InChI is InChI=1S/C16H16F2N2O3/c17-11-5-6-13(14(18)9-11)16(22)19-7-1-4-15(21)20-10-12-3-2-8-23-12/h2-3,5-6,8-9H,1,4,7,10H2,(H,19,22)(H,20,21). The van der Waals surface area contributed by atoms with Crippen molar-refractivity contribution in [2.45, 2.75) is 19.4 Å². The highest BCUT2D eigenvalue weighted by atomic mass is 19.1. The molecule has 1 aromatic heterocycles. The number of halogens is 2. The molecule has 0 spiro atoms. The molecule has 0 bridgehead atoms. The van der Waals surface area contributed by atoms with E-state index in [1.54, 1.807) is 12.1 Å². The molecule has 0 unspecified atom stereocenters. The molecule has 2 rings (SSSR count). The van der Waals surface area contributed by atoms with Crippen LogP contribution in [-0.2, 0) is 11.3 Å². The number of amides is 2. The largest absolute Gasteiger partial charge is 0.467 e. The smallest absolute Gasteiger partial charge is 0.254 e. The van der Waals surface area contributed by atoms with Crippen LogP contribution in [0.25, 0.3) is 0 Å². The van der Waals surface area contributed by atoms with Crippen molar-refractivity contribution in [1.29, 1.82) is 0 Å². The molecule has 0 aliphatic rings. The fourth-order valence-electron chi connectivity index (χ4n) is 1.91. The third-order valence-corrected chi connectivity index (χ3v) is 3.08. The maximum atomic E-state index is 13.4. The van der Waals surface area contributed by atoms with Gasteiger partial charge in [0.2, 0.25) is 5.91 Å². The molecule has 23 heavy (non-hydrogen) atoms. The molecule has 0 fully saturated rings. The summed E-state index contributed by atoms with van der Waals surface area (Å²) >= 11 is 0. The highest BCUT2D eigenvalue weighted by Crippen LogP contribution is 2.09. The molecule has 0 aliphatic carbocycles. The minimum absolute atomic E-state index is 0.177. The van der Waals surface area contributed by atoms with Crippen molar-refractivity contribution in [1.82, 2.24) is 10.6 Å². The van der Waals surface area contributed by atoms with Gasteiger partial charge in [0.05, 0.1) is 18.4 Å². The normalized spacial score (nSPS) is 10.3. The van der Waals surface area contributed by atoms with E-state index in [1.807, 2.05) is 0 Å². The minimum Gasteiger partial charge on any atom is -0.467 e. The number of hydrogen-bond acceptors (Lipinski definition) is 3. The van der Waals surface area contributed by atoms with Crippen molar-refractivity contribution >= 4 is 11.8 Å². The van der Waals surface area contributed by atoms with E-state index < -0.39 is 17.5 Å². The lowest BCUT2D eigenvalue weighted by molar-refractivity contribution is -0.121. The molecule has 2 N–H and O–H groups in total. The molecule has 2 aromatic rings. The van der Waals surface area contributed by atoms with Crippen LogP contribution in [0.3, 0.4) is 0 Å². The van der Waals surface area contributed by atoms with Crippen LogP contribution >= 0.6 is 0 Å². The van der Waals surface area contributed by atoms with E-state index in [0.29, 0.717) is 24.8 Å². The molecule has 0 saturated carbocycles. The number of hydrogen-bond donors (Lipinski definition) is 2. The summed E-state index contributed by atoms with van der Waals surface area (Å²) in [5, 5.41) is 5.16. The van der Waals surface area contributed by atoms with Gasteiger partial charge in [0.1, 0.15) is 17.4 Å². The predicted molar refractivity (Wildman–Crippen MR) is 78.5 cm³/mol. The van der Waals surface area contributed by atoms with E-state index in [-0.39, 0.29) is 24.4 Å². The summed E-state index contributed by atoms with van der Waals surface area (Å²) in [5.41, 5.74) is -0.228. The van der Waals surface area contributed by atoms with Crippen LogP contribution in [0.15, 0.2) is 41.0 Å². The Kier molecular flexibility index (Phi) is 5.85. The van der Waals surface area contributed by atoms with Gasteiger partial charge in [-0.15, -0.1) is 0 Å². The number of rotatable bonds is 7. The third kappa shape index (κ3) is 5.21. The van der Waals surface area contributed by atoms with Crippen LogP contribution in [0.4, 0.5) is 8.78 Å². The minimum atomic E-state index is -0.918. The summed E-state index contributed by atoms with van der Waals surface area (Å²) in [6.07, 6.45) is 2.14. The second-order valence-corrected chi connectivity index (χ2v) is 4.84. The molecule has 7 heteroatoms. The van der Waals surface area contributed by atoms with E-state index >= 15 is 0 Å². The van der Waals surface area contributed by atoms with Crippen LogP contribution in [0.1, 0.15) is 29.0 Å². The van der Waals surface area contributed by atoms with E-state index in [2.05, 4.69) is 10.6 Å². The Balaban J connectivity index is 1.66. The average Bonchev–Trinajstić information content (AvgIpc) is 3.02. The molecule has 122 valence electrons. The van der Waals surface area contributed by atoms with Crippen LogP contribution in [0, 0.1) is 11.6 Å². The van der Waals surface area contributed by atoms with E-state index in [0.717, 1.165) is 12.1 Å². The molecular weight excluding hydrogens is 306 g/mol. The van der Waals surface area contributed by atoms with Gasteiger partial charge in [-0.25, -0.2) is 8.78 Å². The lowest BCUT2D eigenvalue weighted by atomic mass is 10.2. The Hall–Kier alpha value is -2.70. The second-order valence-electron chi connectivity index (χ2n) is 4.84. The zero-order chi connectivity index (χ0) is 16.7. The van der Waals surface area contributed by atoms with Crippen LogP contribution in [-0.4, -0.2) is 18.4 Å². The Morgan fingerprint density at radius 3 is 2.65 bits per heavy atom. The van der Waals surface area contributed by atoms with E-state index in [9.17, 15) is 18.4 Å². The maximum absolute atomic E-state index is 13.4. The fourth-order valence-corrected chi connectivity index (χ4v) is 1.91. The van der Waals surface area contributed by atoms with Gasteiger partial charge < -0.3 is 15.1 Å². The first kappa shape index (κ1) is 16.7. The number of benzene rings is 1. The summed E-state index contributed by atoms with van der Waals surface area (Å²) in [7, 11) is 0. The first-order chi connectivity index (χ1) is 11.1. The Morgan fingerprint density at radius 2 is 1.96 bits per heavy atom. The van der Waals surface area contributed by atoms with Crippen molar-refractivity contribution in [3.63, 3.8) is 0 Å². The monoisotopic (exact) mass is 322 g/mol. The summed E-state index contributed by atoms with van der Waals surface area (Å²) in [6, 6.07) is 6.22. The van der Waals surface area contributed by atoms with Crippen molar-refractivity contribution in [3.8, 4) is 0 Å². The number of furan rings is 1. The van der Waals surface area contributed by atoms with E-state index in [1.165, 1.54) is 6.26 Å². The first-order valence-electron chi connectivity index (χ1n) is 7.08. The summed E-state index contributed by atoms with van der Waals surface area (Å²) in [6.45, 7) is 0.517. The summed E-state index contributed by atoms with van der Waals surface area (Å²) < 4.78 is 31.2. The number of carbonyl (C=O) groups is 2. The Labute approximate surface area is 131 Å². The average molecular weight is 322 g/mol. The van der Waals surface area contributed by atoms with Gasteiger partial charge in [-0.3, -0.25) is 9.59 Å². The van der Waals surface area contributed by atoms with E-state index in [4.69, 9.17) is 4.42 Å². The maximum Gasteiger partial charge on any atom is 0.254 e. The Bertz CT molecular complexity index is 672. The predicted octanol–water partition coefficient (Wildman–Crippen LogP) is 2.38. The zero-order valence-electron chi connectivity index (χ0n) is 12.3. The summed E-state index contributed by atoms with van der Waals surface area (Å²) in [4.78, 5) is 23.3. The van der Waals surface area contributed by atoms with Gasteiger partial charge in [0.25, 0.3) is 5.91 Å². The van der Waals surface area contributed by atoms with Gasteiger partial charge in [-0.05, 0) is 30.7 Å². The fraction of sp³-hybridized carbons (Fsp3) is 0.250. The molecule has 5 nitrogen and oxygen atoms in total. The quantitative estimate of drug-likeness (QED) is 0.769. The van der Waals surface area contributed by atoms with Crippen molar-refractivity contribution < 1.29 is 22.8 Å². The SMILES string of the molecule is O=C(CCCNC(=O)c1ccc(F)cc1F)NCc1ccco1. The highest BCUT2D eigenvalue weighted by Gasteiger charge is 2.12. The summed E-state index contributed by atoms with van der Waals surface area (Å²) in [5.74, 6) is -1.83. The Morgan fingerprint density at radius 1 is 1.13 bits per heavy atom. The van der Waals surface area contributed by atoms with Gasteiger partial charge in [-0.2, -0.15) is 0 Å². The molecule has 1 aromatic carbocycles. The van der Waals surface area contributed by atoms with Crippen LogP contribution in [0.5, 0.6) is 0 Å². The lowest BCUT2D eigenvalue weighted by Crippen LogP contribution is -2.27. The van der Waals surface area contributed by atoms with Crippen molar-refractivity contribution in [2.24, 2.45) is 0 Å². The lowest BCUT2D eigenvalue weighted by Gasteiger charge is -2.06. The van der Waals surface area contributed by atoms with Crippen molar-refractivity contribution in [3.05, 3.63) is 59.6 Å². The topological polar surface area (TPSA) is 71.3 Å². The zero-order valence-corrected chi connectivity index (χ0v) is 12.3. The van der Waals surface area contributed by atoms with Gasteiger partial charge >= 0.3 is 0 Å². The molecule has 0 saturated heterocycles.